The number of pyridine rings is 1. The highest BCUT2D eigenvalue weighted by molar-refractivity contribution is 9.10. The molecule has 3 rings (SSSR count). The maximum Gasteiger partial charge on any atom is 0.341 e. The first-order chi connectivity index (χ1) is 11.1. The summed E-state index contributed by atoms with van der Waals surface area (Å²) < 4.78 is 8.28. The van der Waals surface area contributed by atoms with Crippen molar-refractivity contribution in [2.24, 2.45) is 0 Å². The van der Waals surface area contributed by atoms with E-state index in [4.69, 9.17) is 4.74 Å². The third kappa shape index (κ3) is 3.15. The first kappa shape index (κ1) is 15.7. The molecule has 0 amide bonds. The molecule has 5 heteroatoms. The van der Waals surface area contributed by atoms with Crippen LogP contribution in [0.4, 0.5) is 0 Å². The van der Waals surface area contributed by atoms with Gasteiger partial charge in [-0.25, -0.2) is 4.79 Å². The molecule has 4 nitrogen and oxygen atoms in total. The Morgan fingerprint density at radius 3 is 2.70 bits per heavy atom. The van der Waals surface area contributed by atoms with Gasteiger partial charge in [0.25, 0.3) is 0 Å². The number of carbonyl (C=O) groups is 1. The molecular formula is C18H17BrN2O2. The van der Waals surface area contributed by atoms with Crippen LogP contribution in [-0.2, 0) is 11.3 Å². The topological polar surface area (TPSA) is 44.1 Å². The lowest BCUT2D eigenvalue weighted by molar-refractivity contribution is 0.0527. The largest absolute Gasteiger partial charge is 0.462 e. The van der Waals surface area contributed by atoms with Gasteiger partial charge in [0.15, 0.2) is 0 Å². The van der Waals surface area contributed by atoms with Gasteiger partial charge in [-0.2, -0.15) is 0 Å². The molecule has 0 unspecified atom stereocenters. The highest BCUT2D eigenvalue weighted by atomic mass is 79.9. The van der Waals surface area contributed by atoms with Gasteiger partial charge >= 0.3 is 5.97 Å². The molecule has 0 spiro atoms. The number of aromatic nitrogens is 2. The van der Waals surface area contributed by atoms with Gasteiger partial charge in [-0.15, -0.1) is 0 Å². The zero-order chi connectivity index (χ0) is 16.4. The van der Waals surface area contributed by atoms with Crippen LogP contribution in [0.25, 0.3) is 10.9 Å². The summed E-state index contributed by atoms with van der Waals surface area (Å²) in [7, 11) is 0. The van der Waals surface area contributed by atoms with Crippen LogP contribution >= 0.6 is 15.9 Å². The summed E-state index contributed by atoms with van der Waals surface area (Å²) in [4.78, 5) is 16.6. The van der Waals surface area contributed by atoms with Gasteiger partial charge < -0.3 is 9.30 Å². The second-order valence-electron chi connectivity index (χ2n) is 5.31. The van der Waals surface area contributed by atoms with Crippen molar-refractivity contribution < 1.29 is 9.53 Å². The van der Waals surface area contributed by atoms with Gasteiger partial charge in [0.1, 0.15) is 5.56 Å². The molecule has 3 aromatic rings. The number of aryl methyl sites for hydroxylation is 1. The number of fused-ring (bicyclic) bond motifs is 1. The lowest BCUT2D eigenvalue weighted by Gasteiger charge is -2.10. The smallest absolute Gasteiger partial charge is 0.341 e. The molecule has 0 atom stereocenters. The van der Waals surface area contributed by atoms with E-state index in [9.17, 15) is 4.79 Å². The van der Waals surface area contributed by atoms with Crippen LogP contribution in [0, 0.1) is 6.92 Å². The van der Waals surface area contributed by atoms with Crippen molar-refractivity contribution in [1.29, 1.82) is 0 Å². The molecule has 0 aliphatic heterocycles. The van der Waals surface area contributed by atoms with Crippen molar-refractivity contribution in [3.63, 3.8) is 0 Å². The number of halogens is 1. The third-order valence-electron chi connectivity index (χ3n) is 3.76. The fourth-order valence-corrected chi connectivity index (χ4v) is 2.90. The summed E-state index contributed by atoms with van der Waals surface area (Å²) in [5, 5.41) is 0.979. The van der Waals surface area contributed by atoms with E-state index in [0.717, 1.165) is 26.6 Å². The van der Waals surface area contributed by atoms with E-state index in [2.05, 4.69) is 37.6 Å². The minimum absolute atomic E-state index is 0.333. The molecule has 0 saturated heterocycles. The molecule has 0 radical (unpaired) electrons. The molecule has 118 valence electrons. The third-order valence-corrected chi connectivity index (χ3v) is 4.29. The summed E-state index contributed by atoms with van der Waals surface area (Å²) in [6, 6.07) is 10.2. The molecule has 0 saturated carbocycles. The Labute approximate surface area is 143 Å². The van der Waals surface area contributed by atoms with E-state index in [0.29, 0.717) is 18.7 Å². The first-order valence-electron chi connectivity index (χ1n) is 7.46. The Balaban J connectivity index is 2.08. The fraction of sp³-hybridized carbons (Fsp3) is 0.222. The molecule has 0 aliphatic carbocycles. The Morgan fingerprint density at radius 1 is 1.26 bits per heavy atom. The van der Waals surface area contributed by atoms with E-state index >= 15 is 0 Å². The minimum Gasteiger partial charge on any atom is -0.462 e. The van der Waals surface area contributed by atoms with E-state index in [1.54, 1.807) is 13.1 Å². The van der Waals surface area contributed by atoms with E-state index < -0.39 is 0 Å². The predicted molar refractivity (Wildman–Crippen MR) is 93.7 cm³/mol. The normalized spacial score (nSPS) is 10.9. The molecular weight excluding hydrogens is 356 g/mol. The molecule has 0 N–H and O–H groups in total. The van der Waals surface area contributed by atoms with Crippen LogP contribution in [0.2, 0.25) is 0 Å². The number of esters is 1. The van der Waals surface area contributed by atoms with Crippen molar-refractivity contribution in [2.75, 3.05) is 6.61 Å². The van der Waals surface area contributed by atoms with Crippen LogP contribution < -0.4 is 0 Å². The van der Waals surface area contributed by atoms with Crippen LogP contribution in [-0.4, -0.2) is 22.1 Å². The first-order valence-corrected chi connectivity index (χ1v) is 8.25. The van der Waals surface area contributed by atoms with Crippen molar-refractivity contribution in [3.8, 4) is 0 Å². The van der Waals surface area contributed by atoms with Gasteiger partial charge in [-0.3, -0.25) is 4.98 Å². The summed E-state index contributed by atoms with van der Waals surface area (Å²) in [5.74, 6) is -0.333. The number of carbonyl (C=O) groups excluding carboxylic acids is 1. The zero-order valence-electron chi connectivity index (χ0n) is 13.0. The van der Waals surface area contributed by atoms with Gasteiger partial charge in [0.05, 0.1) is 12.1 Å². The van der Waals surface area contributed by atoms with Gasteiger partial charge in [0.2, 0.25) is 0 Å². The Morgan fingerprint density at radius 2 is 2.00 bits per heavy atom. The van der Waals surface area contributed by atoms with Crippen molar-refractivity contribution in [2.45, 2.75) is 20.4 Å². The van der Waals surface area contributed by atoms with E-state index in [-0.39, 0.29) is 5.97 Å². The molecule has 23 heavy (non-hydrogen) atoms. The van der Waals surface area contributed by atoms with E-state index in [1.807, 2.05) is 31.3 Å². The summed E-state index contributed by atoms with van der Waals surface area (Å²) >= 11 is 3.44. The number of benzene rings is 1. The van der Waals surface area contributed by atoms with Crippen LogP contribution in [0.1, 0.15) is 28.5 Å². The summed E-state index contributed by atoms with van der Waals surface area (Å²) in [6.45, 7) is 4.78. The number of nitrogens with zero attached hydrogens (tertiary/aromatic N) is 2. The lowest BCUT2D eigenvalue weighted by atomic mass is 10.1. The van der Waals surface area contributed by atoms with E-state index in [1.165, 1.54) is 0 Å². The number of ether oxygens (including phenoxy) is 1. The lowest BCUT2D eigenvalue weighted by Crippen LogP contribution is -2.09. The van der Waals surface area contributed by atoms with Crippen LogP contribution in [0.3, 0.4) is 0 Å². The molecule has 2 aromatic heterocycles. The molecule has 2 heterocycles. The quantitative estimate of drug-likeness (QED) is 0.640. The minimum atomic E-state index is -0.333. The van der Waals surface area contributed by atoms with Gasteiger partial charge in [-0.05, 0) is 37.6 Å². The monoisotopic (exact) mass is 372 g/mol. The maximum absolute atomic E-state index is 12.2. The highest BCUT2D eigenvalue weighted by Gasteiger charge is 2.17. The van der Waals surface area contributed by atoms with Gasteiger partial charge in [0, 0.05) is 34.5 Å². The van der Waals surface area contributed by atoms with Crippen molar-refractivity contribution >= 4 is 32.8 Å². The maximum atomic E-state index is 12.2. The number of rotatable bonds is 4. The predicted octanol–water partition coefficient (Wildman–Crippen LogP) is 4.33. The number of hydrogen-bond donors (Lipinski definition) is 0. The Kier molecular flexibility index (Phi) is 4.48. The standard InChI is InChI=1S/C18H17BrN2O2/c1-3-23-18(22)16-10-20-12(2)15-8-9-21(17(15)16)11-13-4-6-14(19)7-5-13/h4-10H,3,11H2,1-2H3. The summed E-state index contributed by atoms with van der Waals surface area (Å²) in [6.07, 6.45) is 3.60. The SMILES string of the molecule is CCOC(=O)c1cnc(C)c2ccn(Cc3ccc(Br)cc3)c12. The second-order valence-corrected chi connectivity index (χ2v) is 6.23. The molecule has 0 fully saturated rings. The average Bonchev–Trinajstić information content (AvgIpc) is 2.95. The van der Waals surface area contributed by atoms with Crippen molar-refractivity contribution in [1.82, 2.24) is 9.55 Å². The highest BCUT2D eigenvalue weighted by Crippen LogP contribution is 2.24. The Bertz CT molecular complexity index is 853. The average molecular weight is 373 g/mol. The van der Waals surface area contributed by atoms with Crippen LogP contribution in [0.5, 0.6) is 0 Å². The zero-order valence-corrected chi connectivity index (χ0v) is 14.6. The molecule has 1 aromatic carbocycles. The fourth-order valence-electron chi connectivity index (χ4n) is 2.63. The Hall–Kier alpha value is -2.14. The van der Waals surface area contributed by atoms with Crippen LogP contribution in [0.15, 0.2) is 47.2 Å². The van der Waals surface area contributed by atoms with Gasteiger partial charge in [-0.1, -0.05) is 28.1 Å². The summed E-state index contributed by atoms with van der Waals surface area (Å²) in [5.41, 5.74) is 3.45. The van der Waals surface area contributed by atoms with Crippen molar-refractivity contribution in [3.05, 3.63) is 64.0 Å². The molecule has 0 aliphatic rings. The molecule has 0 bridgehead atoms. The second kappa shape index (κ2) is 6.54. The number of hydrogen-bond acceptors (Lipinski definition) is 3.